The Morgan fingerprint density at radius 1 is 1.07 bits per heavy atom. The summed E-state index contributed by atoms with van der Waals surface area (Å²) in [6, 6.07) is 6.78. The number of hydrogen-bond acceptors (Lipinski definition) is 7. The molecule has 8 nitrogen and oxygen atoms in total. The Labute approximate surface area is 162 Å². The highest BCUT2D eigenvalue weighted by Crippen LogP contribution is 2.27. The van der Waals surface area contributed by atoms with Crippen molar-refractivity contribution in [2.24, 2.45) is 5.92 Å². The second kappa shape index (κ2) is 9.59. The minimum Gasteiger partial charge on any atom is -0.493 e. The van der Waals surface area contributed by atoms with E-state index in [1.807, 2.05) is 0 Å². The molecule has 1 atom stereocenters. The molecule has 1 aromatic heterocycles. The Morgan fingerprint density at radius 3 is 2.36 bits per heavy atom. The van der Waals surface area contributed by atoms with Gasteiger partial charge in [-0.05, 0) is 36.2 Å². The maximum absolute atomic E-state index is 12.4. The fourth-order valence-electron chi connectivity index (χ4n) is 2.44. The SMILES string of the molecule is COc1ccc(C(=O)COC(=O)[C@@H](NC(=O)c2ccco2)C(C)C)cc1OC. The molecule has 0 aliphatic carbocycles. The number of nitrogens with one attached hydrogen (secondary N) is 1. The lowest BCUT2D eigenvalue weighted by molar-refractivity contribution is -0.145. The maximum atomic E-state index is 12.4. The summed E-state index contributed by atoms with van der Waals surface area (Å²) in [6.45, 7) is 3.04. The van der Waals surface area contributed by atoms with Gasteiger partial charge in [-0.1, -0.05) is 13.8 Å². The van der Waals surface area contributed by atoms with E-state index in [9.17, 15) is 14.4 Å². The van der Waals surface area contributed by atoms with Gasteiger partial charge in [0, 0.05) is 5.56 Å². The van der Waals surface area contributed by atoms with E-state index in [0.717, 1.165) is 0 Å². The van der Waals surface area contributed by atoms with Crippen LogP contribution >= 0.6 is 0 Å². The summed E-state index contributed by atoms with van der Waals surface area (Å²) < 4.78 is 20.4. The van der Waals surface area contributed by atoms with Crippen LogP contribution in [0.3, 0.4) is 0 Å². The van der Waals surface area contributed by atoms with Crippen molar-refractivity contribution in [2.45, 2.75) is 19.9 Å². The molecule has 1 heterocycles. The van der Waals surface area contributed by atoms with Crippen LogP contribution in [-0.2, 0) is 9.53 Å². The average molecular weight is 389 g/mol. The molecule has 1 amide bonds. The van der Waals surface area contributed by atoms with Crippen LogP contribution in [0.2, 0.25) is 0 Å². The molecule has 0 spiro atoms. The Hall–Kier alpha value is -3.29. The summed E-state index contributed by atoms with van der Waals surface area (Å²) >= 11 is 0. The summed E-state index contributed by atoms with van der Waals surface area (Å²) in [4.78, 5) is 36.8. The van der Waals surface area contributed by atoms with E-state index < -0.39 is 30.3 Å². The normalized spacial score (nSPS) is 11.6. The number of esters is 1. The van der Waals surface area contributed by atoms with Gasteiger partial charge in [0.1, 0.15) is 6.04 Å². The van der Waals surface area contributed by atoms with Crippen molar-refractivity contribution in [1.29, 1.82) is 0 Å². The molecule has 1 N–H and O–H groups in total. The number of rotatable bonds is 9. The first-order valence-electron chi connectivity index (χ1n) is 8.63. The van der Waals surface area contributed by atoms with Gasteiger partial charge in [0.2, 0.25) is 0 Å². The molecule has 0 aliphatic heterocycles. The highest BCUT2D eigenvalue weighted by Gasteiger charge is 2.27. The van der Waals surface area contributed by atoms with Crippen LogP contribution in [0.5, 0.6) is 11.5 Å². The number of Topliss-reactive ketones (excluding diaryl/α,β-unsaturated/α-hetero) is 1. The Balaban J connectivity index is 2.00. The van der Waals surface area contributed by atoms with E-state index in [4.69, 9.17) is 18.6 Å². The van der Waals surface area contributed by atoms with Gasteiger partial charge in [-0.2, -0.15) is 0 Å². The van der Waals surface area contributed by atoms with Crippen LogP contribution in [0, 0.1) is 5.92 Å². The van der Waals surface area contributed by atoms with Crippen LogP contribution in [0.15, 0.2) is 41.0 Å². The third-order valence-corrected chi connectivity index (χ3v) is 4.00. The smallest absolute Gasteiger partial charge is 0.329 e. The fourth-order valence-corrected chi connectivity index (χ4v) is 2.44. The molecule has 0 radical (unpaired) electrons. The number of carbonyl (C=O) groups excluding carboxylic acids is 3. The van der Waals surface area contributed by atoms with Crippen molar-refractivity contribution in [2.75, 3.05) is 20.8 Å². The van der Waals surface area contributed by atoms with Crippen LogP contribution < -0.4 is 14.8 Å². The molecule has 150 valence electrons. The average Bonchev–Trinajstić information content (AvgIpc) is 3.23. The number of amides is 1. The molecule has 8 heteroatoms. The van der Waals surface area contributed by atoms with Crippen molar-refractivity contribution >= 4 is 17.7 Å². The quantitative estimate of drug-likeness (QED) is 0.519. The second-order valence-electron chi connectivity index (χ2n) is 6.27. The third-order valence-electron chi connectivity index (χ3n) is 4.00. The molecule has 0 saturated carbocycles. The van der Waals surface area contributed by atoms with Crippen LogP contribution in [0.1, 0.15) is 34.8 Å². The summed E-state index contributed by atoms with van der Waals surface area (Å²) in [5, 5.41) is 2.56. The lowest BCUT2D eigenvalue weighted by Gasteiger charge is -2.20. The molecule has 0 fully saturated rings. The van der Waals surface area contributed by atoms with E-state index in [1.54, 1.807) is 32.0 Å². The highest BCUT2D eigenvalue weighted by atomic mass is 16.5. The van der Waals surface area contributed by atoms with Gasteiger partial charge in [-0.25, -0.2) is 4.79 Å². The predicted octanol–water partition coefficient (Wildman–Crippen LogP) is 2.48. The van der Waals surface area contributed by atoms with E-state index in [-0.39, 0.29) is 11.7 Å². The van der Waals surface area contributed by atoms with Gasteiger partial charge in [0.15, 0.2) is 29.6 Å². The Morgan fingerprint density at radius 2 is 1.79 bits per heavy atom. The minimum atomic E-state index is -0.921. The van der Waals surface area contributed by atoms with Crippen LogP contribution in [-0.4, -0.2) is 44.5 Å². The van der Waals surface area contributed by atoms with Crippen LogP contribution in [0.4, 0.5) is 0 Å². The second-order valence-corrected chi connectivity index (χ2v) is 6.27. The van der Waals surface area contributed by atoms with E-state index in [2.05, 4.69) is 5.32 Å². The first-order chi connectivity index (χ1) is 13.4. The summed E-state index contributed by atoms with van der Waals surface area (Å²) in [7, 11) is 2.95. The molecule has 0 bridgehead atoms. The summed E-state index contributed by atoms with van der Waals surface area (Å²) in [5.41, 5.74) is 0.311. The van der Waals surface area contributed by atoms with Gasteiger partial charge >= 0.3 is 5.97 Å². The van der Waals surface area contributed by atoms with E-state index >= 15 is 0 Å². The zero-order chi connectivity index (χ0) is 20.7. The van der Waals surface area contributed by atoms with Gasteiger partial charge in [0.05, 0.1) is 20.5 Å². The molecular formula is C20H23NO7. The number of ether oxygens (including phenoxy) is 3. The molecule has 0 saturated heterocycles. The van der Waals surface area contributed by atoms with Gasteiger partial charge < -0.3 is 23.9 Å². The molecular weight excluding hydrogens is 366 g/mol. The molecule has 1 aromatic carbocycles. The number of hydrogen-bond donors (Lipinski definition) is 1. The van der Waals surface area contributed by atoms with Gasteiger partial charge in [-0.15, -0.1) is 0 Å². The molecule has 2 rings (SSSR count). The summed E-state index contributed by atoms with van der Waals surface area (Å²) in [6.07, 6.45) is 1.36. The van der Waals surface area contributed by atoms with E-state index in [1.165, 1.54) is 32.6 Å². The number of furan rings is 1. The molecule has 0 aliphatic rings. The highest BCUT2D eigenvalue weighted by molar-refractivity contribution is 5.99. The number of carbonyl (C=O) groups is 3. The minimum absolute atomic E-state index is 0.0832. The number of ketones is 1. The molecule has 2 aromatic rings. The monoisotopic (exact) mass is 389 g/mol. The lowest BCUT2D eigenvalue weighted by Crippen LogP contribution is -2.45. The fraction of sp³-hybridized carbons (Fsp3) is 0.350. The predicted molar refractivity (Wildman–Crippen MR) is 99.6 cm³/mol. The molecule has 28 heavy (non-hydrogen) atoms. The van der Waals surface area contributed by atoms with Crippen molar-refractivity contribution in [3.8, 4) is 11.5 Å². The zero-order valence-corrected chi connectivity index (χ0v) is 16.2. The van der Waals surface area contributed by atoms with Crippen molar-refractivity contribution in [1.82, 2.24) is 5.32 Å². The first kappa shape index (κ1) is 21.0. The lowest BCUT2D eigenvalue weighted by atomic mass is 10.0. The standard InChI is InChI=1S/C20H23NO7/c1-12(2)18(21-19(23)16-6-5-9-27-16)20(24)28-11-14(22)13-7-8-15(25-3)17(10-13)26-4/h5-10,12,18H,11H2,1-4H3,(H,21,23)/t18-/m0/s1. The number of benzene rings is 1. The Bertz CT molecular complexity index is 827. The largest absolute Gasteiger partial charge is 0.493 e. The van der Waals surface area contributed by atoms with Crippen molar-refractivity contribution in [3.63, 3.8) is 0 Å². The van der Waals surface area contributed by atoms with Gasteiger partial charge in [0.25, 0.3) is 5.91 Å². The van der Waals surface area contributed by atoms with Crippen LogP contribution in [0.25, 0.3) is 0 Å². The first-order valence-corrected chi connectivity index (χ1v) is 8.63. The van der Waals surface area contributed by atoms with E-state index in [0.29, 0.717) is 17.1 Å². The third kappa shape index (κ3) is 5.12. The maximum Gasteiger partial charge on any atom is 0.329 e. The molecule has 0 unspecified atom stereocenters. The van der Waals surface area contributed by atoms with Crippen molar-refractivity contribution < 1.29 is 33.0 Å². The Kier molecular flexibility index (Phi) is 7.20. The summed E-state index contributed by atoms with van der Waals surface area (Å²) in [5.74, 6) is -0.936. The van der Waals surface area contributed by atoms with Crippen molar-refractivity contribution in [3.05, 3.63) is 47.9 Å². The van der Waals surface area contributed by atoms with Gasteiger partial charge in [-0.3, -0.25) is 9.59 Å². The topological polar surface area (TPSA) is 104 Å². The number of methoxy groups -OCH3 is 2. The zero-order valence-electron chi connectivity index (χ0n) is 16.2.